The molecule has 0 saturated heterocycles. The Bertz CT molecular complexity index is 584. The molecule has 5 heteroatoms. The molecule has 92 valence electrons. The first-order valence-electron chi connectivity index (χ1n) is 5.15. The predicted molar refractivity (Wildman–Crippen MR) is 79.1 cm³/mol. The van der Waals surface area contributed by atoms with Crippen molar-refractivity contribution in [3.8, 4) is 0 Å². The van der Waals surface area contributed by atoms with Crippen LogP contribution in [-0.2, 0) is 6.42 Å². The van der Waals surface area contributed by atoms with Gasteiger partial charge in [-0.1, -0.05) is 27.5 Å². The second-order valence-corrected chi connectivity index (χ2v) is 5.90. The molecule has 1 aromatic carbocycles. The summed E-state index contributed by atoms with van der Waals surface area (Å²) in [6.07, 6.45) is 1.93. The molecule has 2 nitrogen and oxygen atoms in total. The number of Topliss-reactive ketones (excluding diaryl/α,β-unsaturated/α-hetero) is 1. The van der Waals surface area contributed by atoms with Crippen molar-refractivity contribution in [1.82, 2.24) is 4.98 Å². The van der Waals surface area contributed by atoms with E-state index in [0.29, 0.717) is 10.6 Å². The smallest absolute Gasteiger partial charge is 0.169 e. The van der Waals surface area contributed by atoms with E-state index in [1.807, 2.05) is 12.1 Å². The molecule has 1 aromatic heterocycles. The fourth-order valence-corrected chi connectivity index (χ4v) is 2.36. The van der Waals surface area contributed by atoms with Crippen molar-refractivity contribution in [2.45, 2.75) is 6.42 Å². The molecule has 0 aliphatic rings. The third-order valence-electron chi connectivity index (χ3n) is 2.36. The first-order chi connectivity index (χ1) is 8.56. The number of carbonyl (C=O) groups is 1. The molecule has 0 aliphatic heterocycles. The van der Waals surface area contributed by atoms with Crippen LogP contribution in [0.3, 0.4) is 0 Å². The number of ketones is 1. The van der Waals surface area contributed by atoms with E-state index in [1.54, 1.807) is 24.4 Å². The molecular weight excluding hydrogens is 381 g/mol. The predicted octanol–water partition coefficient (Wildman–Crippen LogP) is 4.69. The minimum absolute atomic E-state index is 0.0146. The van der Waals surface area contributed by atoms with Gasteiger partial charge in [-0.05, 0) is 46.3 Å². The summed E-state index contributed by atoms with van der Waals surface area (Å²) in [6.45, 7) is 0. The third-order valence-corrected chi connectivity index (χ3v) is 3.75. The molecular formula is C13H8Br2ClNO. The van der Waals surface area contributed by atoms with Crippen LogP contribution in [0.4, 0.5) is 0 Å². The summed E-state index contributed by atoms with van der Waals surface area (Å²) in [5.74, 6) is -0.0146. The summed E-state index contributed by atoms with van der Waals surface area (Å²) in [4.78, 5) is 16.3. The van der Waals surface area contributed by atoms with Crippen molar-refractivity contribution in [2.75, 3.05) is 0 Å². The molecule has 0 atom stereocenters. The Kier molecular flexibility index (Phi) is 4.54. The number of halogens is 3. The molecule has 2 aromatic rings. The standard InChI is InChI=1S/C13H8Br2ClNO/c14-8-1-3-10(17-7-8)6-13(18)11-5-9(16)2-4-12(11)15/h1-5,7H,6H2. The van der Waals surface area contributed by atoms with Gasteiger partial charge in [0.15, 0.2) is 5.78 Å². The molecule has 0 saturated carbocycles. The van der Waals surface area contributed by atoms with Crippen LogP contribution < -0.4 is 0 Å². The highest BCUT2D eigenvalue weighted by Crippen LogP contribution is 2.22. The van der Waals surface area contributed by atoms with Crippen molar-refractivity contribution in [3.63, 3.8) is 0 Å². The second-order valence-electron chi connectivity index (χ2n) is 3.69. The van der Waals surface area contributed by atoms with E-state index in [1.165, 1.54) is 0 Å². The molecule has 0 radical (unpaired) electrons. The van der Waals surface area contributed by atoms with Gasteiger partial charge in [-0.2, -0.15) is 0 Å². The van der Waals surface area contributed by atoms with E-state index in [-0.39, 0.29) is 12.2 Å². The van der Waals surface area contributed by atoms with Crippen molar-refractivity contribution in [1.29, 1.82) is 0 Å². The third kappa shape index (κ3) is 3.40. The normalized spacial score (nSPS) is 10.4. The average Bonchev–Trinajstić information content (AvgIpc) is 2.35. The number of hydrogen-bond donors (Lipinski definition) is 0. The van der Waals surface area contributed by atoms with Gasteiger partial charge in [0.1, 0.15) is 0 Å². The Morgan fingerprint density at radius 2 is 2.00 bits per heavy atom. The molecule has 1 heterocycles. The van der Waals surface area contributed by atoms with E-state index in [0.717, 1.165) is 14.6 Å². The monoisotopic (exact) mass is 387 g/mol. The molecule has 0 aliphatic carbocycles. The lowest BCUT2D eigenvalue weighted by Crippen LogP contribution is -2.05. The molecule has 0 N–H and O–H groups in total. The quantitative estimate of drug-likeness (QED) is 0.713. The van der Waals surface area contributed by atoms with Gasteiger partial charge >= 0.3 is 0 Å². The number of nitrogens with zero attached hydrogens (tertiary/aromatic N) is 1. The highest BCUT2D eigenvalue weighted by molar-refractivity contribution is 9.10. The zero-order chi connectivity index (χ0) is 13.1. The van der Waals surface area contributed by atoms with Crippen LogP contribution in [0, 0.1) is 0 Å². The summed E-state index contributed by atoms with van der Waals surface area (Å²) >= 11 is 12.5. The van der Waals surface area contributed by atoms with Gasteiger partial charge in [-0.3, -0.25) is 9.78 Å². The summed E-state index contributed by atoms with van der Waals surface area (Å²) in [6, 6.07) is 8.85. The topological polar surface area (TPSA) is 30.0 Å². The number of benzene rings is 1. The zero-order valence-electron chi connectivity index (χ0n) is 9.16. The van der Waals surface area contributed by atoms with Gasteiger partial charge < -0.3 is 0 Å². The van der Waals surface area contributed by atoms with E-state index in [4.69, 9.17) is 11.6 Å². The fraction of sp³-hybridized carbons (Fsp3) is 0.0769. The number of hydrogen-bond acceptors (Lipinski definition) is 2. The number of pyridine rings is 1. The van der Waals surface area contributed by atoms with Gasteiger partial charge in [0.2, 0.25) is 0 Å². The maximum Gasteiger partial charge on any atom is 0.169 e. The van der Waals surface area contributed by atoms with E-state index in [2.05, 4.69) is 36.8 Å². The van der Waals surface area contributed by atoms with Crippen molar-refractivity contribution >= 4 is 49.2 Å². The van der Waals surface area contributed by atoms with Crippen molar-refractivity contribution < 1.29 is 4.79 Å². The van der Waals surface area contributed by atoms with E-state index >= 15 is 0 Å². The Morgan fingerprint density at radius 1 is 1.22 bits per heavy atom. The first-order valence-corrected chi connectivity index (χ1v) is 7.11. The lowest BCUT2D eigenvalue weighted by molar-refractivity contribution is 0.0991. The molecule has 18 heavy (non-hydrogen) atoms. The van der Waals surface area contributed by atoms with E-state index < -0.39 is 0 Å². The number of rotatable bonds is 3. The van der Waals surface area contributed by atoms with Crippen molar-refractivity contribution in [2.24, 2.45) is 0 Å². The Balaban J connectivity index is 2.21. The van der Waals surface area contributed by atoms with Gasteiger partial charge in [-0.25, -0.2) is 0 Å². The summed E-state index contributed by atoms with van der Waals surface area (Å²) in [5, 5.41) is 0.547. The highest BCUT2D eigenvalue weighted by Gasteiger charge is 2.12. The SMILES string of the molecule is O=C(Cc1ccc(Br)cn1)c1cc(Cl)ccc1Br. The Labute approximate surface area is 127 Å². The lowest BCUT2D eigenvalue weighted by Gasteiger charge is -2.04. The summed E-state index contributed by atoms with van der Waals surface area (Å²) in [7, 11) is 0. The molecule has 2 rings (SSSR count). The molecule has 0 unspecified atom stereocenters. The van der Waals surface area contributed by atoms with Crippen LogP contribution in [-0.4, -0.2) is 10.8 Å². The van der Waals surface area contributed by atoms with Gasteiger partial charge in [-0.15, -0.1) is 0 Å². The summed E-state index contributed by atoms with van der Waals surface area (Å²) < 4.78 is 1.64. The van der Waals surface area contributed by atoms with Crippen LogP contribution in [0.1, 0.15) is 16.1 Å². The minimum Gasteiger partial charge on any atom is -0.294 e. The average molecular weight is 389 g/mol. The fourth-order valence-electron chi connectivity index (χ4n) is 1.48. The molecule has 0 bridgehead atoms. The largest absolute Gasteiger partial charge is 0.294 e. The van der Waals surface area contributed by atoms with Crippen LogP contribution in [0.2, 0.25) is 5.02 Å². The number of aromatic nitrogens is 1. The number of carbonyl (C=O) groups excluding carboxylic acids is 1. The zero-order valence-corrected chi connectivity index (χ0v) is 13.1. The Hall–Kier alpha value is -0.710. The summed E-state index contributed by atoms with van der Waals surface area (Å²) in [5.41, 5.74) is 1.31. The minimum atomic E-state index is -0.0146. The highest BCUT2D eigenvalue weighted by atomic mass is 79.9. The van der Waals surface area contributed by atoms with Crippen LogP contribution in [0.25, 0.3) is 0 Å². The van der Waals surface area contributed by atoms with Crippen molar-refractivity contribution in [3.05, 3.63) is 61.8 Å². The van der Waals surface area contributed by atoms with E-state index in [9.17, 15) is 4.79 Å². The van der Waals surface area contributed by atoms with Gasteiger partial charge in [0.05, 0.1) is 6.42 Å². The van der Waals surface area contributed by atoms with Crippen LogP contribution in [0.5, 0.6) is 0 Å². The molecule has 0 amide bonds. The Morgan fingerprint density at radius 3 is 2.67 bits per heavy atom. The van der Waals surface area contributed by atoms with Gasteiger partial charge in [0.25, 0.3) is 0 Å². The van der Waals surface area contributed by atoms with Gasteiger partial charge in [0, 0.05) is 31.4 Å². The first kappa shape index (κ1) is 13.7. The second kappa shape index (κ2) is 5.95. The molecule has 0 fully saturated rings. The molecule has 0 spiro atoms. The lowest BCUT2D eigenvalue weighted by atomic mass is 10.1. The van der Waals surface area contributed by atoms with Crippen LogP contribution in [0.15, 0.2) is 45.5 Å². The maximum atomic E-state index is 12.1. The maximum absolute atomic E-state index is 12.1. The van der Waals surface area contributed by atoms with Crippen LogP contribution >= 0.6 is 43.5 Å².